The predicted molar refractivity (Wildman–Crippen MR) is 56.0 cm³/mol. The minimum Gasteiger partial charge on any atom is -0.481 e. The zero-order valence-corrected chi connectivity index (χ0v) is 9.87. The predicted octanol–water partition coefficient (Wildman–Crippen LogP) is 2.27. The van der Waals surface area contributed by atoms with E-state index in [1.54, 1.807) is 6.92 Å². The number of aromatic nitrogens is 1. The monoisotopic (exact) mass is 263 g/mol. The second kappa shape index (κ2) is 6.23. The van der Waals surface area contributed by atoms with E-state index in [0.717, 1.165) is 0 Å². The Bertz CT molecular complexity index is 438. The van der Waals surface area contributed by atoms with Crippen molar-refractivity contribution in [2.75, 3.05) is 13.7 Å². The molecule has 0 fully saturated rings. The van der Waals surface area contributed by atoms with Gasteiger partial charge in [-0.3, -0.25) is 4.79 Å². The van der Waals surface area contributed by atoms with Gasteiger partial charge in [0.25, 0.3) is 6.43 Å². The maximum absolute atomic E-state index is 13.3. The van der Waals surface area contributed by atoms with Gasteiger partial charge in [0, 0.05) is 5.56 Å². The third kappa shape index (κ3) is 3.12. The third-order valence-corrected chi connectivity index (χ3v) is 2.17. The summed E-state index contributed by atoms with van der Waals surface area (Å²) in [5.41, 5.74) is -1.17. The lowest BCUT2D eigenvalue weighted by atomic mass is 10.1. The van der Waals surface area contributed by atoms with Crippen LogP contribution in [-0.2, 0) is 16.0 Å². The van der Waals surface area contributed by atoms with Gasteiger partial charge in [0.1, 0.15) is 0 Å². The van der Waals surface area contributed by atoms with Gasteiger partial charge in [0.05, 0.1) is 31.9 Å². The van der Waals surface area contributed by atoms with Crippen LogP contribution in [0.4, 0.5) is 13.2 Å². The average molecular weight is 263 g/mol. The van der Waals surface area contributed by atoms with Crippen molar-refractivity contribution in [2.24, 2.45) is 0 Å². The molecule has 7 heteroatoms. The lowest BCUT2D eigenvalue weighted by Gasteiger charge is -2.12. The number of methoxy groups -OCH3 is 1. The average Bonchev–Trinajstić information content (AvgIpc) is 2.29. The van der Waals surface area contributed by atoms with Gasteiger partial charge in [-0.2, -0.15) is 0 Å². The van der Waals surface area contributed by atoms with Gasteiger partial charge in [0.2, 0.25) is 5.88 Å². The first-order valence-corrected chi connectivity index (χ1v) is 5.16. The van der Waals surface area contributed by atoms with Crippen LogP contribution in [0.15, 0.2) is 6.20 Å². The minimum absolute atomic E-state index is 0.105. The Labute approximate surface area is 102 Å². The van der Waals surface area contributed by atoms with Gasteiger partial charge >= 0.3 is 5.97 Å². The van der Waals surface area contributed by atoms with Crippen molar-refractivity contribution in [1.29, 1.82) is 0 Å². The molecule has 4 nitrogen and oxygen atoms in total. The van der Waals surface area contributed by atoms with Crippen molar-refractivity contribution in [3.8, 4) is 5.88 Å². The van der Waals surface area contributed by atoms with Crippen LogP contribution in [0.5, 0.6) is 5.88 Å². The largest absolute Gasteiger partial charge is 0.481 e. The van der Waals surface area contributed by atoms with Gasteiger partial charge in [-0.05, 0) is 6.92 Å². The Morgan fingerprint density at radius 2 is 2.17 bits per heavy atom. The van der Waals surface area contributed by atoms with Gasteiger partial charge in [0.15, 0.2) is 5.82 Å². The number of hydrogen-bond acceptors (Lipinski definition) is 4. The molecule has 0 amide bonds. The number of ether oxygens (including phenoxy) is 2. The number of pyridine rings is 1. The smallest absolute Gasteiger partial charge is 0.310 e. The van der Waals surface area contributed by atoms with Gasteiger partial charge in [-0.25, -0.2) is 18.2 Å². The SMILES string of the molecule is CCOC(=O)Cc1c(OC)ncc(F)c1C(F)F. The van der Waals surface area contributed by atoms with Gasteiger partial charge in [-0.1, -0.05) is 0 Å². The van der Waals surface area contributed by atoms with Crippen molar-refractivity contribution in [2.45, 2.75) is 19.8 Å². The fourth-order valence-corrected chi connectivity index (χ4v) is 1.46. The van der Waals surface area contributed by atoms with E-state index in [0.29, 0.717) is 6.20 Å². The highest BCUT2D eigenvalue weighted by Crippen LogP contribution is 2.31. The van der Waals surface area contributed by atoms with E-state index in [2.05, 4.69) is 9.72 Å². The van der Waals surface area contributed by atoms with E-state index in [1.165, 1.54) is 7.11 Å². The van der Waals surface area contributed by atoms with Crippen LogP contribution in [-0.4, -0.2) is 24.7 Å². The molecule has 0 atom stereocenters. The summed E-state index contributed by atoms with van der Waals surface area (Å²) in [5, 5.41) is 0. The molecule has 18 heavy (non-hydrogen) atoms. The number of nitrogens with zero attached hydrogens (tertiary/aromatic N) is 1. The molecular formula is C11H12F3NO3. The van der Waals surface area contributed by atoms with Crippen molar-refractivity contribution in [3.05, 3.63) is 23.1 Å². The third-order valence-electron chi connectivity index (χ3n) is 2.17. The first kappa shape index (κ1) is 14.3. The van der Waals surface area contributed by atoms with E-state index in [9.17, 15) is 18.0 Å². The normalized spacial score (nSPS) is 10.6. The fourth-order valence-electron chi connectivity index (χ4n) is 1.46. The van der Waals surface area contributed by atoms with E-state index >= 15 is 0 Å². The number of halogens is 3. The summed E-state index contributed by atoms with van der Waals surface area (Å²) in [6.07, 6.45) is -2.94. The second-order valence-corrected chi connectivity index (χ2v) is 3.29. The first-order chi connectivity index (χ1) is 8.51. The van der Waals surface area contributed by atoms with Crippen LogP contribution in [0.2, 0.25) is 0 Å². The summed E-state index contributed by atoms with van der Waals surface area (Å²) in [6, 6.07) is 0. The van der Waals surface area contributed by atoms with Crippen molar-refractivity contribution >= 4 is 5.97 Å². The van der Waals surface area contributed by atoms with Crippen LogP contribution in [0.25, 0.3) is 0 Å². The zero-order chi connectivity index (χ0) is 13.7. The maximum Gasteiger partial charge on any atom is 0.310 e. The number of carbonyl (C=O) groups is 1. The molecule has 0 saturated heterocycles. The molecule has 1 heterocycles. The maximum atomic E-state index is 13.3. The molecule has 0 bridgehead atoms. The van der Waals surface area contributed by atoms with Crippen molar-refractivity contribution in [1.82, 2.24) is 4.98 Å². The first-order valence-electron chi connectivity index (χ1n) is 5.16. The quantitative estimate of drug-likeness (QED) is 0.765. The molecule has 0 aromatic carbocycles. The highest BCUT2D eigenvalue weighted by Gasteiger charge is 2.25. The van der Waals surface area contributed by atoms with Crippen LogP contribution >= 0.6 is 0 Å². The number of carbonyl (C=O) groups excluding carboxylic acids is 1. The summed E-state index contributed by atoms with van der Waals surface area (Å²) < 4.78 is 48.2. The number of rotatable bonds is 5. The standard InChI is InChI=1S/C11H12F3NO3/c1-3-18-8(16)4-6-9(10(13)14)7(12)5-15-11(6)17-2/h5,10H,3-4H2,1-2H3. The Morgan fingerprint density at radius 1 is 1.50 bits per heavy atom. The molecule has 100 valence electrons. The van der Waals surface area contributed by atoms with E-state index in [-0.39, 0.29) is 18.1 Å². The van der Waals surface area contributed by atoms with Crippen LogP contribution in [0, 0.1) is 5.82 Å². The van der Waals surface area contributed by atoms with Crippen LogP contribution in [0.3, 0.4) is 0 Å². The molecule has 0 aliphatic carbocycles. The molecular weight excluding hydrogens is 251 g/mol. The highest BCUT2D eigenvalue weighted by molar-refractivity contribution is 5.74. The molecule has 0 spiro atoms. The second-order valence-electron chi connectivity index (χ2n) is 3.29. The zero-order valence-electron chi connectivity index (χ0n) is 9.87. The molecule has 0 N–H and O–H groups in total. The molecule has 0 aliphatic heterocycles. The van der Waals surface area contributed by atoms with E-state index in [4.69, 9.17) is 4.74 Å². The summed E-state index contributed by atoms with van der Waals surface area (Å²) in [7, 11) is 1.20. The van der Waals surface area contributed by atoms with Crippen LogP contribution < -0.4 is 4.74 Å². The number of alkyl halides is 2. The molecule has 0 radical (unpaired) electrons. The Balaban J connectivity index is 3.19. The molecule has 0 unspecified atom stereocenters. The Morgan fingerprint density at radius 3 is 2.67 bits per heavy atom. The Hall–Kier alpha value is -1.79. The van der Waals surface area contributed by atoms with E-state index < -0.39 is 30.2 Å². The van der Waals surface area contributed by atoms with Crippen molar-refractivity contribution < 1.29 is 27.4 Å². The molecule has 1 rings (SSSR count). The fraction of sp³-hybridized carbons (Fsp3) is 0.455. The highest BCUT2D eigenvalue weighted by atomic mass is 19.3. The van der Waals surface area contributed by atoms with Gasteiger partial charge < -0.3 is 9.47 Å². The lowest BCUT2D eigenvalue weighted by Crippen LogP contribution is -2.13. The topological polar surface area (TPSA) is 48.4 Å². The summed E-state index contributed by atoms with van der Waals surface area (Å²) >= 11 is 0. The molecule has 1 aromatic rings. The molecule has 0 aliphatic rings. The summed E-state index contributed by atoms with van der Waals surface area (Å²) in [5.74, 6) is -2.13. The lowest BCUT2D eigenvalue weighted by molar-refractivity contribution is -0.142. The molecule has 0 saturated carbocycles. The van der Waals surface area contributed by atoms with Crippen LogP contribution in [0.1, 0.15) is 24.5 Å². The number of esters is 1. The van der Waals surface area contributed by atoms with E-state index in [1.807, 2.05) is 0 Å². The summed E-state index contributed by atoms with van der Waals surface area (Å²) in [4.78, 5) is 14.8. The summed E-state index contributed by atoms with van der Waals surface area (Å²) in [6.45, 7) is 1.68. The minimum atomic E-state index is -3.06. The Kier molecular flexibility index (Phi) is 4.94. The van der Waals surface area contributed by atoms with Gasteiger partial charge in [-0.15, -0.1) is 0 Å². The van der Waals surface area contributed by atoms with Crippen molar-refractivity contribution in [3.63, 3.8) is 0 Å². The number of hydrogen-bond donors (Lipinski definition) is 0. The molecule has 1 aromatic heterocycles.